The van der Waals surface area contributed by atoms with Gasteiger partial charge in [0.2, 0.25) is 0 Å². The Balaban J connectivity index is 0.000000200. The van der Waals surface area contributed by atoms with Crippen LogP contribution in [0.15, 0.2) is 142 Å². The number of nitrogens with zero attached hydrogens (tertiary/aromatic N) is 4. The Morgan fingerprint density at radius 1 is 0.467 bits per heavy atom. The molecule has 0 unspecified atom stereocenters. The molecule has 6 rings (SSSR count). The zero-order chi connectivity index (χ0) is 31.1. The van der Waals surface area contributed by atoms with Gasteiger partial charge in [0.15, 0.2) is 11.5 Å². The van der Waals surface area contributed by atoms with Crippen LogP contribution in [0.4, 0.5) is 22.7 Å². The van der Waals surface area contributed by atoms with Gasteiger partial charge in [-0.3, -0.25) is 0 Å². The standard InChI is InChI=1S/2C17H12N2O3.Ca/c2*20-16-14(17(21)22)10-11-6-4-5-9-13(11)15(16)19-18-12-7-2-1-3-8-12;/h2*1-10,20H,(H,21,22);. The third-order valence-electron chi connectivity index (χ3n) is 6.49. The van der Waals surface area contributed by atoms with Crippen molar-refractivity contribution in [1.29, 1.82) is 0 Å². The predicted molar refractivity (Wildman–Crippen MR) is 172 cm³/mol. The van der Waals surface area contributed by atoms with E-state index in [1.807, 2.05) is 36.4 Å². The fourth-order valence-electron chi connectivity index (χ4n) is 4.37. The molecule has 0 atom stereocenters. The van der Waals surface area contributed by atoms with E-state index in [4.69, 9.17) is 0 Å². The molecule has 11 heteroatoms. The monoisotopic (exact) mass is 624 g/mol. The molecule has 0 amide bonds. The normalized spacial score (nSPS) is 10.8. The molecule has 6 aromatic rings. The summed E-state index contributed by atoms with van der Waals surface area (Å²) in [6.45, 7) is 0. The number of carbonyl (C=O) groups is 2. The van der Waals surface area contributed by atoms with Gasteiger partial charge in [0.05, 0.1) is 11.4 Å². The Morgan fingerprint density at radius 3 is 1.16 bits per heavy atom. The van der Waals surface area contributed by atoms with E-state index in [-0.39, 0.29) is 71.7 Å². The van der Waals surface area contributed by atoms with E-state index >= 15 is 0 Å². The molecule has 0 aliphatic rings. The Hall–Kier alpha value is -5.16. The van der Waals surface area contributed by atoms with Gasteiger partial charge >= 0.3 is 11.9 Å². The maximum absolute atomic E-state index is 11.3. The molecule has 2 radical (unpaired) electrons. The maximum atomic E-state index is 11.3. The van der Waals surface area contributed by atoms with Crippen LogP contribution < -0.4 is 0 Å². The largest absolute Gasteiger partial charge is 0.505 e. The van der Waals surface area contributed by atoms with Gasteiger partial charge in [-0.05, 0) is 47.2 Å². The van der Waals surface area contributed by atoms with Gasteiger partial charge in [0, 0.05) is 48.5 Å². The van der Waals surface area contributed by atoms with Crippen molar-refractivity contribution in [2.24, 2.45) is 20.5 Å². The van der Waals surface area contributed by atoms with Crippen LogP contribution in [0.2, 0.25) is 0 Å². The number of carboxylic acid groups (broad SMARTS) is 2. The molecule has 218 valence electrons. The molecule has 0 fully saturated rings. The fraction of sp³-hybridized carbons (Fsp3) is 0. The second-order valence-corrected chi connectivity index (χ2v) is 9.37. The van der Waals surface area contributed by atoms with Crippen LogP contribution in [0.25, 0.3) is 21.5 Å². The molecule has 0 saturated heterocycles. The van der Waals surface area contributed by atoms with E-state index in [9.17, 15) is 30.0 Å². The summed E-state index contributed by atoms with van der Waals surface area (Å²) < 4.78 is 0. The molecule has 10 nitrogen and oxygen atoms in total. The first-order valence-electron chi connectivity index (χ1n) is 13.2. The quantitative estimate of drug-likeness (QED) is 0.107. The summed E-state index contributed by atoms with van der Waals surface area (Å²) in [5.41, 5.74) is 1.15. The van der Waals surface area contributed by atoms with Crippen molar-refractivity contribution in [3.05, 3.63) is 132 Å². The van der Waals surface area contributed by atoms with Crippen molar-refractivity contribution < 1.29 is 30.0 Å². The summed E-state index contributed by atoms with van der Waals surface area (Å²) >= 11 is 0. The van der Waals surface area contributed by atoms with Crippen LogP contribution in [0.5, 0.6) is 11.5 Å². The minimum atomic E-state index is -1.21. The number of aromatic carboxylic acids is 2. The van der Waals surface area contributed by atoms with Crippen LogP contribution in [-0.4, -0.2) is 70.1 Å². The average molecular weight is 625 g/mol. The van der Waals surface area contributed by atoms with E-state index in [1.54, 1.807) is 72.8 Å². The average Bonchev–Trinajstić information content (AvgIpc) is 3.04. The summed E-state index contributed by atoms with van der Waals surface area (Å²) in [7, 11) is 0. The van der Waals surface area contributed by atoms with E-state index in [2.05, 4.69) is 20.5 Å². The predicted octanol–water partition coefficient (Wildman–Crippen LogP) is 8.94. The first-order valence-corrected chi connectivity index (χ1v) is 13.2. The van der Waals surface area contributed by atoms with Crippen molar-refractivity contribution >= 4 is 94.0 Å². The second kappa shape index (κ2) is 15.0. The number of fused-ring (bicyclic) bond motifs is 2. The molecule has 0 aromatic heterocycles. The van der Waals surface area contributed by atoms with Crippen LogP contribution in [-0.2, 0) is 0 Å². The van der Waals surface area contributed by atoms with Crippen molar-refractivity contribution in [1.82, 2.24) is 0 Å². The van der Waals surface area contributed by atoms with Crippen LogP contribution in [0.1, 0.15) is 20.7 Å². The van der Waals surface area contributed by atoms with Gasteiger partial charge in [0.25, 0.3) is 0 Å². The first kappa shape index (κ1) is 32.7. The van der Waals surface area contributed by atoms with Crippen LogP contribution >= 0.6 is 0 Å². The summed E-state index contributed by atoms with van der Waals surface area (Å²) in [6.07, 6.45) is 0. The molecule has 6 aromatic carbocycles. The van der Waals surface area contributed by atoms with Gasteiger partial charge in [-0.15, -0.1) is 10.2 Å². The molecule has 0 aliphatic carbocycles. The Bertz CT molecular complexity index is 1900. The Labute approximate surface area is 286 Å². The molecular weight excluding hydrogens is 600 g/mol. The van der Waals surface area contributed by atoms with E-state index in [0.29, 0.717) is 32.9 Å². The molecular formula is C34H24CaN4O6. The molecule has 0 aliphatic heterocycles. The van der Waals surface area contributed by atoms with E-state index in [0.717, 1.165) is 0 Å². The molecule has 0 spiro atoms. The van der Waals surface area contributed by atoms with Gasteiger partial charge in [0.1, 0.15) is 22.5 Å². The van der Waals surface area contributed by atoms with E-state index in [1.165, 1.54) is 12.1 Å². The number of benzene rings is 6. The molecule has 45 heavy (non-hydrogen) atoms. The Morgan fingerprint density at radius 2 is 0.800 bits per heavy atom. The number of carboxylic acids is 2. The number of hydrogen-bond acceptors (Lipinski definition) is 8. The van der Waals surface area contributed by atoms with Crippen LogP contribution in [0, 0.1) is 0 Å². The molecule has 0 saturated carbocycles. The summed E-state index contributed by atoms with van der Waals surface area (Å²) in [5.74, 6) is -3.18. The van der Waals surface area contributed by atoms with Gasteiger partial charge in [-0.1, -0.05) is 84.9 Å². The second-order valence-electron chi connectivity index (χ2n) is 9.37. The minimum Gasteiger partial charge on any atom is -0.505 e. The number of azo groups is 2. The fourth-order valence-corrected chi connectivity index (χ4v) is 4.37. The molecule has 4 N–H and O–H groups in total. The smallest absolute Gasteiger partial charge is 0.339 e. The molecule has 0 bridgehead atoms. The number of aromatic hydroxyl groups is 2. The van der Waals surface area contributed by atoms with E-state index < -0.39 is 11.9 Å². The van der Waals surface area contributed by atoms with Gasteiger partial charge in [-0.2, -0.15) is 10.2 Å². The van der Waals surface area contributed by atoms with Crippen molar-refractivity contribution in [3.8, 4) is 11.5 Å². The summed E-state index contributed by atoms with van der Waals surface area (Å²) in [4.78, 5) is 22.5. The van der Waals surface area contributed by atoms with Gasteiger partial charge < -0.3 is 20.4 Å². The number of hydrogen-bond donors (Lipinski definition) is 4. The van der Waals surface area contributed by atoms with Crippen molar-refractivity contribution in [2.45, 2.75) is 0 Å². The topological polar surface area (TPSA) is 164 Å². The van der Waals surface area contributed by atoms with Gasteiger partial charge in [-0.25, -0.2) is 9.59 Å². The first-order chi connectivity index (χ1) is 21.3. The van der Waals surface area contributed by atoms with Crippen molar-refractivity contribution in [3.63, 3.8) is 0 Å². The third-order valence-corrected chi connectivity index (χ3v) is 6.49. The van der Waals surface area contributed by atoms with Crippen LogP contribution in [0.3, 0.4) is 0 Å². The minimum absolute atomic E-state index is 0. The van der Waals surface area contributed by atoms with Crippen molar-refractivity contribution in [2.75, 3.05) is 0 Å². The summed E-state index contributed by atoms with van der Waals surface area (Å²) in [5, 5.41) is 57.7. The number of rotatable bonds is 6. The molecule has 0 heterocycles. The summed E-state index contributed by atoms with van der Waals surface area (Å²) in [6, 6.07) is 35.2. The number of phenols is 2. The zero-order valence-corrected chi connectivity index (χ0v) is 25.9. The maximum Gasteiger partial charge on any atom is 0.339 e. The SMILES string of the molecule is O=C(O)c1cc2ccccc2c(N=Nc2ccccc2)c1O.O=C(O)c1cc2ccccc2c(N=Nc2ccccc2)c1O.[Ca]. The zero-order valence-electron chi connectivity index (χ0n) is 23.6. The third kappa shape index (κ3) is 7.68. The Kier molecular flexibility index (Phi) is 10.9.